The van der Waals surface area contributed by atoms with Gasteiger partial charge in [0, 0.05) is 24.0 Å². The highest BCUT2D eigenvalue weighted by Gasteiger charge is 2.60. The maximum atomic E-state index is 13.3. The van der Waals surface area contributed by atoms with Crippen molar-refractivity contribution in [2.24, 2.45) is 11.8 Å². The zero-order chi connectivity index (χ0) is 23.2. The fraction of sp³-hybridized carbons (Fsp3) is 0.444. The Bertz CT molecular complexity index is 1070. The van der Waals surface area contributed by atoms with Gasteiger partial charge >= 0.3 is 0 Å². The summed E-state index contributed by atoms with van der Waals surface area (Å²) in [7, 11) is 1.57. The molecule has 0 bridgehead atoms. The van der Waals surface area contributed by atoms with E-state index in [2.05, 4.69) is 13.8 Å². The summed E-state index contributed by atoms with van der Waals surface area (Å²) in [5.74, 6) is 0.225. The van der Waals surface area contributed by atoms with Crippen LogP contribution in [0.5, 0.6) is 17.2 Å². The number of phenols is 1. The molecule has 174 valence electrons. The lowest BCUT2D eigenvalue weighted by Gasteiger charge is -2.45. The zero-order valence-electron chi connectivity index (χ0n) is 19.2. The van der Waals surface area contributed by atoms with Gasteiger partial charge in [0.1, 0.15) is 22.8 Å². The summed E-state index contributed by atoms with van der Waals surface area (Å²) in [6.45, 7) is 5.44. The molecule has 2 aliphatic heterocycles. The molecule has 0 unspecified atom stereocenters. The van der Waals surface area contributed by atoms with E-state index in [0.29, 0.717) is 36.5 Å². The van der Waals surface area contributed by atoms with Crippen molar-refractivity contribution in [1.29, 1.82) is 0 Å². The third-order valence-corrected chi connectivity index (χ3v) is 7.21. The van der Waals surface area contributed by atoms with E-state index in [1.807, 2.05) is 30.3 Å². The molecule has 1 aliphatic carbocycles. The summed E-state index contributed by atoms with van der Waals surface area (Å²) in [5.41, 5.74) is 1.88. The first-order chi connectivity index (χ1) is 15.9. The molecule has 1 N–H and O–H groups in total. The minimum atomic E-state index is -0.837. The summed E-state index contributed by atoms with van der Waals surface area (Å²) < 4.78 is 24.4. The van der Waals surface area contributed by atoms with E-state index >= 15 is 0 Å². The van der Waals surface area contributed by atoms with E-state index in [9.17, 15) is 9.90 Å². The van der Waals surface area contributed by atoms with Crippen molar-refractivity contribution >= 4 is 11.9 Å². The van der Waals surface area contributed by atoms with Gasteiger partial charge in [0.25, 0.3) is 0 Å². The summed E-state index contributed by atoms with van der Waals surface area (Å²) in [6.07, 6.45) is 4.46. The number of carbonyl (C=O) groups is 1. The van der Waals surface area contributed by atoms with Crippen LogP contribution in [0.25, 0.3) is 6.08 Å². The summed E-state index contributed by atoms with van der Waals surface area (Å²) >= 11 is 0. The van der Waals surface area contributed by atoms with Crippen molar-refractivity contribution in [1.82, 2.24) is 0 Å². The van der Waals surface area contributed by atoms with Gasteiger partial charge < -0.3 is 24.1 Å². The van der Waals surface area contributed by atoms with Crippen molar-refractivity contribution in [3.05, 3.63) is 59.2 Å². The smallest absolute Gasteiger partial charge is 0.206 e. The van der Waals surface area contributed by atoms with Crippen LogP contribution >= 0.6 is 0 Å². The lowest BCUT2D eigenvalue weighted by atomic mass is 9.67. The van der Waals surface area contributed by atoms with E-state index in [-0.39, 0.29) is 23.0 Å². The Kier molecular flexibility index (Phi) is 5.67. The van der Waals surface area contributed by atoms with E-state index in [0.717, 1.165) is 24.0 Å². The molecule has 1 saturated carbocycles. The molecule has 2 fully saturated rings. The summed E-state index contributed by atoms with van der Waals surface area (Å²) in [5, 5.41) is 10.8. The van der Waals surface area contributed by atoms with Gasteiger partial charge in [0.2, 0.25) is 5.79 Å². The van der Waals surface area contributed by atoms with Gasteiger partial charge in [0.15, 0.2) is 11.9 Å². The Morgan fingerprint density at radius 1 is 1.21 bits per heavy atom. The van der Waals surface area contributed by atoms with Crippen LogP contribution in [-0.4, -0.2) is 43.1 Å². The molecular weight excluding hydrogens is 420 g/mol. The lowest BCUT2D eigenvalue weighted by Crippen LogP contribution is -2.53. The van der Waals surface area contributed by atoms with Crippen molar-refractivity contribution in [3.8, 4) is 17.2 Å². The molecule has 3 aliphatic rings. The molecule has 6 heteroatoms. The topological polar surface area (TPSA) is 74.2 Å². The number of fused-ring (bicyclic) bond motifs is 4. The van der Waals surface area contributed by atoms with Crippen LogP contribution in [0.1, 0.15) is 54.1 Å². The molecular formula is C27H30O6. The third-order valence-electron chi connectivity index (χ3n) is 7.21. The molecule has 2 aromatic rings. The quantitative estimate of drug-likeness (QED) is 0.513. The number of ether oxygens (including phenoxy) is 4. The highest BCUT2D eigenvalue weighted by atomic mass is 16.8. The molecule has 0 radical (unpaired) electrons. The minimum Gasteiger partial charge on any atom is -0.507 e. The van der Waals surface area contributed by atoms with Crippen LogP contribution in [0.3, 0.4) is 0 Å². The number of hydrogen-bond donors (Lipinski definition) is 1. The molecule has 0 amide bonds. The van der Waals surface area contributed by atoms with Crippen molar-refractivity contribution in [2.45, 2.75) is 44.5 Å². The zero-order valence-corrected chi connectivity index (χ0v) is 19.2. The lowest BCUT2D eigenvalue weighted by molar-refractivity contribution is -0.236. The summed E-state index contributed by atoms with van der Waals surface area (Å²) in [4.78, 5) is 13.3. The first kappa shape index (κ1) is 22.0. The molecule has 1 saturated heterocycles. The van der Waals surface area contributed by atoms with Crippen LogP contribution in [0.2, 0.25) is 0 Å². The van der Waals surface area contributed by atoms with Gasteiger partial charge in [-0.05, 0) is 29.9 Å². The number of hydrogen-bond acceptors (Lipinski definition) is 6. The predicted molar refractivity (Wildman–Crippen MR) is 124 cm³/mol. The molecule has 1 spiro atoms. The SMILES string of the molecule is COc1cc(O)c(C(=O)/C=C/c2ccccc2)c2c1[C@@H]1[C@@H](C(C)C)CCC3(OCCO3)[C@@H]1O2. The van der Waals surface area contributed by atoms with E-state index < -0.39 is 11.9 Å². The van der Waals surface area contributed by atoms with Crippen molar-refractivity contribution in [3.63, 3.8) is 0 Å². The average Bonchev–Trinajstić information content (AvgIpc) is 3.44. The molecule has 2 aromatic carbocycles. The van der Waals surface area contributed by atoms with Gasteiger partial charge in [-0.25, -0.2) is 0 Å². The van der Waals surface area contributed by atoms with Crippen LogP contribution in [0.15, 0.2) is 42.5 Å². The second-order valence-corrected chi connectivity index (χ2v) is 9.34. The van der Waals surface area contributed by atoms with E-state index in [1.54, 1.807) is 13.2 Å². The second kappa shape index (κ2) is 8.50. The fourth-order valence-electron chi connectivity index (χ4n) is 5.67. The number of rotatable bonds is 5. The van der Waals surface area contributed by atoms with Gasteiger partial charge in [-0.15, -0.1) is 0 Å². The second-order valence-electron chi connectivity index (χ2n) is 9.34. The van der Waals surface area contributed by atoms with Gasteiger partial charge in [-0.1, -0.05) is 50.3 Å². The fourth-order valence-corrected chi connectivity index (χ4v) is 5.67. The number of allylic oxidation sites excluding steroid dienone is 1. The monoisotopic (exact) mass is 450 g/mol. The molecule has 3 atom stereocenters. The van der Waals surface area contributed by atoms with Gasteiger partial charge in [-0.2, -0.15) is 0 Å². The number of aromatic hydroxyl groups is 1. The number of methoxy groups -OCH3 is 1. The molecule has 5 rings (SSSR count). The average molecular weight is 451 g/mol. The number of benzene rings is 2. The maximum Gasteiger partial charge on any atom is 0.206 e. The Balaban J connectivity index is 1.61. The first-order valence-electron chi connectivity index (χ1n) is 11.6. The first-order valence-corrected chi connectivity index (χ1v) is 11.6. The molecule has 33 heavy (non-hydrogen) atoms. The standard InChI is InChI=1S/C27H30O6/c1-16(2)18-11-12-27(31-13-14-32-27)26-22(18)24-21(30-3)15-20(29)23(25(24)33-26)19(28)10-9-17-7-5-4-6-8-17/h4-10,15-16,18,22,26,29H,11-14H2,1-3H3/b10-9+/t18-,22+,26-/m1/s1. The van der Waals surface area contributed by atoms with E-state index in [1.165, 1.54) is 12.1 Å². The maximum absolute atomic E-state index is 13.3. The Morgan fingerprint density at radius 3 is 2.61 bits per heavy atom. The van der Waals surface area contributed by atoms with Gasteiger partial charge in [0.05, 0.1) is 20.3 Å². The normalized spacial score (nSPS) is 25.3. The summed E-state index contributed by atoms with van der Waals surface area (Å²) in [6, 6.07) is 11.1. The highest BCUT2D eigenvalue weighted by molar-refractivity contribution is 6.11. The van der Waals surface area contributed by atoms with Crippen LogP contribution in [-0.2, 0) is 9.47 Å². The predicted octanol–water partition coefficient (Wildman–Crippen LogP) is 4.95. The number of carbonyl (C=O) groups excluding carboxylic acids is 1. The van der Waals surface area contributed by atoms with Gasteiger partial charge in [-0.3, -0.25) is 4.79 Å². The number of ketones is 1. The Hall–Kier alpha value is -2.83. The molecule has 2 heterocycles. The number of phenolic OH excluding ortho intramolecular Hbond substituents is 1. The third kappa shape index (κ3) is 3.62. The molecule has 6 nitrogen and oxygen atoms in total. The van der Waals surface area contributed by atoms with Crippen molar-refractivity contribution < 1.29 is 28.8 Å². The van der Waals surface area contributed by atoms with Crippen LogP contribution in [0, 0.1) is 11.8 Å². The highest BCUT2D eigenvalue weighted by Crippen LogP contribution is 2.60. The minimum absolute atomic E-state index is 0.0629. The van der Waals surface area contributed by atoms with Crippen LogP contribution in [0.4, 0.5) is 0 Å². The Labute approximate surface area is 194 Å². The largest absolute Gasteiger partial charge is 0.507 e. The Morgan fingerprint density at radius 2 is 1.94 bits per heavy atom. The van der Waals surface area contributed by atoms with Crippen LogP contribution < -0.4 is 9.47 Å². The van der Waals surface area contributed by atoms with E-state index in [4.69, 9.17) is 18.9 Å². The molecule has 0 aromatic heterocycles. The van der Waals surface area contributed by atoms with Crippen molar-refractivity contribution in [2.75, 3.05) is 20.3 Å².